The van der Waals surface area contributed by atoms with Gasteiger partial charge < -0.3 is 15.0 Å². The van der Waals surface area contributed by atoms with Gasteiger partial charge in [-0.05, 0) is 45.1 Å². The summed E-state index contributed by atoms with van der Waals surface area (Å²) in [6.45, 7) is 6.00. The molecule has 120 valence electrons. The third kappa shape index (κ3) is 3.61. The molecule has 2 aliphatic rings. The Morgan fingerprint density at radius 3 is 2.73 bits per heavy atom. The third-order valence-corrected chi connectivity index (χ3v) is 4.74. The topological polar surface area (TPSA) is 41.6 Å². The van der Waals surface area contributed by atoms with Gasteiger partial charge in [-0.3, -0.25) is 0 Å². The van der Waals surface area contributed by atoms with E-state index in [1.165, 1.54) is 24.0 Å². The van der Waals surface area contributed by atoms with E-state index in [0.29, 0.717) is 12.6 Å². The summed E-state index contributed by atoms with van der Waals surface area (Å²) in [5.74, 6) is 0. The number of amides is 1. The highest BCUT2D eigenvalue weighted by molar-refractivity contribution is 5.68. The molecule has 1 aromatic carbocycles. The van der Waals surface area contributed by atoms with Crippen LogP contribution in [0.2, 0.25) is 0 Å². The number of carbonyl (C=O) groups is 1. The van der Waals surface area contributed by atoms with Gasteiger partial charge in [0.2, 0.25) is 0 Å². The van der Waals surface area contributed by atoms with Crippen LogP contribution in [-0.2, 0) is 11.2 Å². The van der Waals surface area contributed by atoms with Crippen molar-refractivity contribution in [2.75, 3.05) is 19.7 Å². The Labute approximate surface area is 132 Å². The van der Waals surface area contributed by atoms with Crippen molar-refractivity contribution in [2.45, 2.75) is 51.1 Å². The van der Waals surface area contributed by atoms with E-state index in [0.717, 1.165) is 25.9 Å². The molecular weight excluding hydrogens is 276 g/mol. The Bertz CT molecular complexity index is 522. The number of rotatable bonds is 5. The number of hydrogen-bond donors (Lipinski definition) is 1. The maximum Gasteiger partial charge on any atom is 0.409 e. The van der Waals surface area contributed by atoms with Gasteiger partial charge >= 0.3 is 6.09 Å². The number of likely N-dealkylation sites (tertiary alicyclic amines) is 1. The lowest BCUT2D eigenvalue weighted by Crippen LogP contribution is -2.43. The van der Waals surface area contributed by atoms with Crippen molar-refractivity contribution >= 4 is 6.09 Å². The summed E-state index contributed by atoms with van der Waals surface area (Å²) in [4.78, 5) is 13.6. The Balaban J connectivity index is 1.53. The molecule has 4 heteroatoms. The van der Waals surface area contributed by atoms with Crippen molar-refractivity contribution in [3.05, 3.63) is 35.4 Å². The van der Waals surface area contributed by atoms with Gasteiger partial charge in [0.1, 0.15) is 0 Å². The SMILES string of the molecule is CCOC(=O)N1CC[C@H](NC2(Cc3ccc(C)cc3)CC2)C1. The molecule has 0 bridgehead atoms. The maximum absolute atomic E-state index is 11.8. The van der Waals surface area contributed by atoms with Gasteiger partial charge in [-0.25, -0.2) is 4.79 Å². The van der Waals surface area contributed by atoms with Crippen molar-refractivity contribution < 1.29 is 9.53 Å². The standard InChI is InChI=1S/C18H26N2O2/c1-3-22-17(21)20-11-8-16(13-20)19-18(9-10-18)12-15-6-4-14(2)5-7-15/h4-7,16,19H,3,8-13H2,1-2H3/t16-/m0/s1. The molecule has 4 nitrogen and oxygen atoms in total. The Morgan fingerprint density at radius 2 is 2.09 bits per heavy atom. The highest BCUT2D eigenvalue weighted by atomic mass is 16.6. The minimum atomic E-state index is -0.171. The van der Waals surface area contributed by atoms with E-state index in [2.05, 4.69) is 36.5 Å². The second kappa shape index (κ2) is 6.29. The predicted octanol–water partition coefficient (Wildman–Crippen LogP) is 2.89. The zero-order valence-electron chi connectivity index (χ0n) is 13.6. The van der Waals surface area contributed by atoms with Crippen LogP contribution in [0, 0.1) is 6.92 Å². The number of aryl methyl sites for hydroxylation is 1. The van der Waals surface area contributed by atoms with Crippen LogP contribution < -0.4 is 5.32 Å². The summed E-state index contributed by atoms with van der Waals surface area (Å²) in [5.41, 5.74) is 2.96. The van der Waals surface area contributed by atoms with Gasteiger partial charge in [0, 0.05) is 24.7 Å². The van der Waals surface area contributed by atoms with Gasteiger partial charge in [0.15, 0.2) is 0 Å². The van der Waals surface area contributed by atoms with E-state index in [1.807, 2.05) is 11.8 Å². The average Bonchev–Trinajstić information content (AvgIpc) is 3.07. The molecule has 1 saturated heterocycles. The largest absolute Gasteiger partial charge is 0.450 e. The molecule has 2 fully saturated rings. The molecule has 1 aromatic rings. The van der Waals surface area contributed by atoms with Crippen LogP contribution in [0.1, 0.15) is 37.3 Å². The van der Waals surface area contributed by atoms with Gasteiger partial charge in [-0.15, -0.1) is 0 Å². The first-order chi connectivity index (χ1) is 10.6. The number of ether oxygens (including phenoxy) is 1. The monoisotopic (exact) mass is 302 g/mol. The number of benzene rings is 1. The summed E-state index contributed by atoms with van der Waals surface area (Å²) < 4.78 is 5.09. The van der Waals surface area contributed by atoms with E-state index < -0.39 is 0 Å². The zero-order valence-corrected chi connectivity index (χ0v) is 13.6. The van der Waals surface area contributed by atoms with Crippen LogP contribution in [0.4, 0.5) is 4.79 Å². The number of nitrogens with zero attached hydrogens (tertiary/aromatic N) is 1. The summed E-state index contributed by atoms with van der Waals surface area (Å²) in [7, 11) is 0. The van der Waals surface area contributed by atoms with Crippen LogP contribution in [0.15, 0.2) is 24.3 Å². The summed E-state index contributed by atoms with van der Waals surface area (Å²) in [6, 6.07) is 9.23. The fourth-order valence-corrected chi connectivity index (χ4v) is 3.31. The molecule has 1 heterocycles. The molecular formula is C18H26N2O2. The molecule has 0 spiro atoms. The number of nitrogens with one attached hydrogen (secondary N) is 1. The van der Waals surface area contributed by atoms with Gasteiger partial charge in [0.05, 0.1) is 6.61 Å². The summed E-state index contributed by atoms with van der Waals surface area (Å²) >= 11 is 0. The molecule has 0 radical (unpaired) electrons. The molecule has 1 amide bonds. The Hall–Kier alpha value is -1.55. The van der Waals surface area contributed by atoms with Crippen LogP contribution in [0.25, 0.3) is 0 Å². The first-order valence-corrected chi connectivity index (χ1v) is 8.35. The van der Waals surface area contributed by atoms with E-state index in [-0.39, 0.29) is 11.6 Å². The summed E-state index contributed by atoms with van der Waals surface area (Å²) in [6.07, 6.45) is 4.40. The molecule has 22 heavy (non-hydrogen) atoms. The first-order valence-electron chi connectivity index (χ1n) is 8.35. The highest BCUT2D eigenvalue weighted by Crippen LogP contribution is 2.39. The first kappa shape index (κ1) is 15.3. The summed E-state index contributed by atoms with van der Waals surface area (Å²) in [5, 5.41) is 3.81. The second-order valence-electron chi connectivity index (χ2n) is 6.72. The van der Waals surface area contributed by atoms with Crippen molar-refractivity contribution in [2.24, 2.45) is 0 Å². The van der Waals surface area contributed by atoms with E-state index in [9.17, 15) is 4.79 Å². The van der Waals surface area contributed by atoms with E-state index in [4.69, 9.17) is 4.74 Å². The van der Waals surface area contributed by atoms with Gasteiger partial charge in [0.25, 0.3) is 0 Å². The smallest absolute Gasteiger partial charge is 0.409 e. The quantitative estimate of drug-likeness (QED) is 0.909. The molecule has 0 unspecified atom stereocenters. The fraction of sp³-hybridized carbons (Fsp3) is 0.611. The molecule has 3 rings (SSSR count). The van der Waals surface area contributed by atoms with Gasteiger partial charge in [-0.2, -0.15) is 0 Å². The molecule has 1 saturated carbocycles. The van der Waals surface area contributed by atoms with E-state index in [1.54, 1.807) is 0 Å². The predicted molar refractivity (Wildman–Crippen MR) is 87.0 cm³/mol. The fourth-order valence-electron chi connectivity index (χ4n) is 3.31. The zero-order chi connectivity index (χ0) is 15.6. The van der Waals surface area contributed by atoms with E-state index >= 15 is 0 Å². The lowest BCUT2D eigenvalue weighted by atomic mass is 10.0. The molecule has 0 aromatic heterocycles. The lowest BCUT2D eigenvalue weighted by molar-refractivity contribution is 0.114. The Morgan fingerprint density at radius 1 is 1.36 bits per heavy atom. The van der Waals surface area contributed by atoms with Crippen molar-refractivity contribution in [1.29, 1.82) is 0 Å². The maximum atomic E-state index is 11.8. The normalized spacial score (nSPS) is 22.6. The van der Waals surface area contributed by atoms with Crippen LogP contribution >= 0.6 is 0 Å². The lowest BCUT2D eigenvalue weighted by Gasteiger charge is -2.23. The minimum Gasteiger partial charge on any atom is -0.450 e. The Kier molecular flexibility index (Phi) is 4.39. The van der Waals surface area contributed by atoms with Crippen molar-refractivity contribution in [3.63, 3.8) is 0 Å². The van der Waals surface area contributed by atoms with Crippen molar-refractivity contribution in [3.8, 4) is 0 Å². The number of carbonyl (C=O) groups excluding carboxylic acids is 1. The van der Waals surface area contributed by atoms with Crippen LogP contribution in [-0.4, -0.2) is 42.3 Å². The molecule has 1 aliphatic heterocycles. The highest BCUT2D eigenvalue weighted by Gasteiger charge is 2.45. The average molecular weight is 302 g/mol. The second-order valence-corrected chi connectivity index (χ2v) is 6.72. The molecule has 1 N–H and O–H groups in total. The minimum absolute atomic E-state index is 0.171. The molecule has 1 aliphatic carbocycles. The third-order valence-electron chi connectivity index (χ3n) is 4.74. The van der Waals surface area contributed by atoms with Gasteiger partial charge in [-0.1, -0.05) is 29.8 Å². The van der Waals surface area contributed by atoms with Crippen LogP contribution in [0.3, 0.4) is 0 Å². The van der Waals surface area contributed by atoms with Crippen molar-refractivity contribution in [1.82, 2.24) is 10.2 Å². The number of hydrogen-bond acceptors (Lipinski definition) is 3. The van der Waals surface area contributed by atoms with Crippen LogP contribution in [0.5, 0.6) is 0 Å². The molecule has 1 atom stereocenters.